The van der Waals surface area contributed by atoms with Gasteiger partial charge in [-0.05, 0) is 25.5 Å². The molecule has 1 saturated heterocycles. The molecule has 1 N–H and O–H groups in total. The van der Waals surface area contributed by atoms with Crippen LogP contribution in [0.3, 0.4) is 0 Å². The Bertz CT molecular complexity index is 1420. The second kappa shape index (κ2) is 8.96. The van der Waals surface area contributed by atoms with Crippen LogP contribution in [-0.4, -0.2) is 48.5 Å². The van der Waals surface area contributed by atoms with E-state index in [9.17, 15) is 24.0 Å². The van der Waals surface area contributed by atoms with Crippen molar-refractivity contribution in [2.75, 3.05) is 11.5 Å². The van der Waals surface area contributed by atoms with E-state index in [1.54, 1.807) is 32.2 Å². The molecular weight excluding hydrogens is 444 g/mol. The van der Waals surface area contributed by atoms with E-state index in [2.05, 4.69) is 9.97 Å². The smallest absolute Gasteiger partial charge is 0.339 e. The third-order valence-electron chi connectivity index (χ3n) is 5.60. The maximum Gasteiger partial charge on any atom is 0.339 e. The second-order valence-electron chi connectivity index (χ2n) is 7.74. The summed E-state index contributed by atoms with van der Waals surface area (Å²) < 4.78 is 8.27. The van der Waals surface area contributed by atoms with Crippen LogP contribution in [0.2, 0.25) is 0 Å². The number of unbranched alkanes of at least 4 members (excludes halogenated alkanes) is 1. The van der Waals surface area contributed by atoms with Crippen LogP contribution < -0.4 is 20.9 Å². The van der Waals surface area contributed by atoms with Crippen LogP contribution in [0, 0.1) is 0 Å². The molecule has 2 aromatic heterocycles. The first-order valence-electron chi connectivity index (χ1n) is 10.9. The van der Waals surface area contributed by atoms with Crippen LogP contribution in [0.15, 0.2) is 33.9 Å². The van der Waals surface area contributed by atoms with Crippen LogP contribution in [0.5, 0.6) is 5.75 Å². The monoisotopic (exact) mass is 468 g/mol. The molecular formula is C22H24N6O6. The molecule has 4 rings (SSSR count). The standard InChI is InChI=1S/C22H24N6O6/c1-4-6-11-26-17-16(18(29)24-21(26)32)25(3)15(23-17)12-27-19(30)20(31)28(22(27)33)13-9-7-8-10-14(13)34-5-2/h7-10H,4-6,11-12H2,1-3H3,(H,24,29,32). The van der Waals surface area contributed by atoms with E-state index in [4.69, 9.17) is 4.74 Å². The predicted octanol–water partition coefficient (Wildman–Crippen LogP) is 1.12. The van der Waals surface area contributed by atoms with Crippen molar-refractivity contribution in [1.82, 2.24) is 24.0 Å². The number of para-hydroxylation sites is 2. The SMILES string of the molecule is CCCCn1c(=O)[nH]c(=O)c2c1nc(CN1C(=O)C(=O)N(c3ccccc3OCC)C1=O)n2C. The number of amides is 4. The van der Waals surface area contributed by atoms with Gasteiger partial charge in [-0.1, -0.05) is 25.5 Å². The average Bonchev–Trinajstić information content (AvgIpc) is 3.23. The number of urea groups is 1. The van der Waals surface area contributed by atoms with Gasteiger partial charge >= 0.3 is 23.5 Å². The van der Waals surface area contributed by atoms with E-state index in [0.717, 1.165) is 16.2 Å². The Morgan fingerprint density at radius 2 is 1.76 bits per heavy atom. The molecule has 0 aliphatic carbocycles. The normalized spacial score (nSPS) is 14.0. The third kappa shape index (κ3) is 3.66. The number of carbonyl (C=O) groups is 3. The molecule has 178 valence electrons. The van der Waals surface area contributed by atoms with E-state index in [1.807, 2.05) is 6.92 Å². The molecule has 0 radical (unpaired) electrons. The molecule has 0 atom stereocenters. The fourth-order valence-electron chi connectivity index (χ4n) is 3.87. The molecule has 1 aliphatic rings. The molecule has 1 fully saturated rings. The Morgan fingerprint density at radius 1 is 1.03 bits per heavy atom. The van der Waals surface area contributed by atoms with Gasteiger partial charge in [0.2, 0.25) is 0 Å². The highest BCUT2D eigenvalue weighted by atomic mass is 16.5. The van der Waals surface area contributed by atoms with E-state index in [1.165, 1.54) is 15.2 Å². The number of benzene rings is 1. The Labute approximate surface area is 193 Å². The molecule has 0 bridgehead atoms. The predicted molar refractivity (Wildman–Crippen MR) is 122 cm³/mol. The lowest BCUT2D eigenvalue weighted by Gasteiger charge is -2.18. The lowest BCUT2D eigenvalue weighted by atomic mass is 10.2. The van der Waals surface area contributed by atoms with Gasteiger partial charge < -0.3 is 9.30 Å². The number of H-pyrrole nitrogens is 1. The first-order valence-corrected chi connectivity index (χ1v) is 10.9. The van der Waals surface area contributed by atoms with Gasteiger partial charge in [-0.15, -0.1) is 0 Å². The average molecular weight is 468 g/mol. The van der Waals surface area contributed by atoms with Crippen molar-refractivity contribution >= 4 is 34.7 Å². The maximum absolute atomic E-state index is 13.1. The molecule has 12 nitrogen and oxygen atoms in total. The van der Waals surface area contributed by atoms with Crippen LogP contribution >= 0.6 is 0 Å². The quantitative estimate of drug-likeness (QED) is 0.386. The van der Waals surface area contributed by atoms with Gasteiger partial charge in [-0.25, -0.2) is 24.4 Å². The number of rotatable bonds is 8. The number of anilines is 1. The summed E-state index contributed by atoms with van der Waals surface area (Å²) in [5.74, 6) is -1.59. The van der Waals surface area contributed by atoms with Crippen molar-refractivity contribution in [1.29, 1.82) is 0 Å². The summed E-state index contributed by atoms with van der Waals surface area (Å²) in [6.45, 7) is 4.02. The van der Waals surface area contributed by atoms with Crippen molar-refractivity contribution in [3.63, 3.8) is 0 Å². The zero-order valence-corrected chi connectivity index (χ0v) is 19.0. The van der Waals surface area contributed by atoms with Gasteiger partial charge in [-0.2, -0.15) is 0 Å². The summed E-state index contributed by atoms with van der Waals surface area (Å²) in [5, 5.41) is 0. The minimum absolute atomic E-state index is 0.134. The van der Waals surface area contributed by atoms with Crippen LogP contribution in [0.1, 0.15) is 32.5 Å². The van der Waals surface area contributed by atoms with Crippen molar-refractivity contribution < 1.29 is 19.1 Å². The zero-order valence-electron chi connectivity index (χ0n) is 19.0. The van der Waals surface area contributed by atoms with E-state index >= 15 is 0 Å². The number of nitrogens with one attached hydrogen (secondary N) is 1. The van der Waals surface area contributed by atoms with Gasteiger partial charge in [-0.3, -0.25) is 23.9 Å². The Morgan fingerprint density at radius 3 is 2.47 bits per heavy atom. The van der Waals surface area contributed by atoms with Gasteiger partial charge in [0.05, 0.1) is 18.8 Å². The van der Waals surface area contributed by atoms with Gasteiger partial charge in [0, 0.05) is 13.6 Å². The molecule has 4 amide bonds. The van der Waals surface area contributed by atoms with E-state index in [-0.39, 0.29) is 35.0 Å². The maximum atomic E-state index is 13.1. The summed E-state index contributed by atoms with van der Waals surface area (Å²) in [5.41, 5.74) is -0.766. The highest BCUT2D eigenvalue weighted by Gasteiger charge is 2.46. The van der Waals surface area contributed by atoms with Gasteiger partial charge in [0.25, 0.3) is 5.56 Å². The second-order valence-corrected chi connectivity index (χ2v) is 7.74. The lowest BCUT2D eigenvalue weighted by Crippen LogP contribution is -2.34. The summed E-state index contributed by atoms with van der Waals surface area (Å²) in [4.78, 5) is 71.6. The number of aromatic amines is 1. The van der Waals surface area contributed by atoms with Gasteiger partial charge in [0.15, 0.2) is 11.2 Å². The largest absolute Gasteiger partial charge is 0.492 e. The summed E-state index contributed by atoms with van der Waals surface area (Å²) in [6.07, 6.45) is 1.52. The fraction of sp³-hybridized carbons (Fsp3) is 0.364. The van der Waals surface area contributed by atoms with Crippen LogP contribution in [-0.2, 0) is 29.7 Å². The molecule has 12 heteroatoms. The first-order chi connectivity index (χ1) is 16.3. The molecule has 0 spiro atoms. The lowest BCUT2D eigenvalue weighted by molar-refractivity contribution is -0.139. The third-order valence-corrected chi connectivity index (χ3v) is 5.60. The Kier molecular flexibility index (Phi) is 6.05. The highest BCUT2D eigenvalue weighted by molar-refractivity contribution is 6.52. The molecule has 1 aliphatic heterocycles. The minimum atomic E-state index is -1.03. The highest BCUT2D eigenvalue weighted by Crippen LogP contribution is 2.32. The van der Waals surface area contributed by atoms with Crippen molar-refractivity contribution in [2.24, 2.45) is 7.05 Å². The zero-order chi connectivity index (χ0) is 24.6. The number of hydrogen-bond donors (Lipinski definition) is 1. The van der Waals surface area contributed by atoms with Gasteiger partial charge in [0.1, 0.15) is 11.6 Å². The Balaban J connectivity index is 1.73. The molecule has 0 unspecified atom stereocenters. The van der Waals surface area contributed by atoms with E-state index < -0.39 is 29.1 Å². The summed E-state index contributed by atoms with van der Waals surface area (Å²) in [6, 6.07) is 5.57. The summed E-state index contributed by atoms with van der Waals surface area (Å²) >= 11 is 0. The number of nitrogens with zero attached hydrogens (tertiary/aromatic N) is 5. The van der Waals surface area contributed by atoms with Crippen LogP contribution in [0.4, 0.5) is 10.5 Å². The molecule has 3 heterocycles. The number of fused-ring (bicyclic) bond motifs is 1. The number of hydrogen-bond acceptors (Lipinski definition) is 7. The minimum Gasteiger partial charge on any atom is -0.492 e. The first kappa shape index (κ1) is 23.0. The van der Waals surface area contributed by atoms with Crippen molar-refractivity contribution in [3.8, 4) is 5.75 Å². The number of ether oxygens (including phenoxy) is 1. The molecule has 3 aromatic rings. The van der Waals surface area contributed by atoms with E-state index in [0.29, 0.717) is 19.6 Å². The topological polar surface area (TPSA) is 140 Å². The molecule has 34 heavy (non-hydrogen) atoms. The Hall–Kier alpha value is -4.22. The van der Waals surface area contributed by atoms with Crippen molar-refractivity contribution in [3.05, 3.63) is 50.9 Å². The number of imidazole rings is 1. The number of aromatic nitrogens is 4. The van der Waals surface area contributed by atoms with Crippen molar-refractivity contribution in [2.45, 2.75) is 39.8 Å². The number of carbonyl (C=O) groups excluding carboxylic acids is 3. The van der Waals surface area contributed by atoms with Crippen LogP contribution in [0.25, 0.3) is 11.2 Å². The fourth-order valence-corrected chi connectivity index (χ4v) is 3.87. The molecule has 0 saturated carbocycles. The number of imide groups is 2. The number of aryl methyl sites for hydroxylation is 2. The molecule has 1 aromatic carbocycles. The summed E-state index contributed by atoms with van der Waals surface area (Å²) in [7, 11) is 1.55.